The molecule has 0 saturated heterocycles. The van der Waals surface area contributed by atoms with Crippen molar-refractivity contribution in [1.82, 2.24) is 10.6 Å². The number of carbonyl (C=O) groups is 1. The van der Waals surface area contributed by atoms with Crippen LogP contribution in [0.15, 0.2) is 47.5 Å². The molecule has 1 aliphatic heterocycles. The standard InChI is InChI=1S/C20H23ClN4O3.HI/c1-22-20(24-10-9-23-19(26)14-3-5-15(21)6-4-14)25-16-7-8-17-18(13-16)28-12-2-11-27-17;/h3-8,13H,2,9-12H2,1H3,(H,23,26)(H2,22,24,25);1H. The Morgan fingerprint density at radius 3 is 2.45 bits per heavy atom. The number of halogens is 2. The van der Waals surface area contributed by atoms with Crippen molar-refractivity contribution in [2.75, 3.05) is 38.7 Å². The van der Waals surface area contributed by atoms with E-state index in [2.05, 4.69) is 20.9 Å². The lowest BCUT2D eigenvalue weighted by molar-refractivity contribution is 0.0954. The van der Waals surface area contributed by atoms with Crippen molar-refractivity contribution in [2.45, 2.75) is 6.42 Å². The van der Waals surface area contributed by atoms with Gasteiger partial charge in [-0.15, -0.1) is 24.0 Å². The number of amides is 1. The highest BCUT2D eigenvalue weighted by Gasteiger charge is 2.11. The van der Waals surface area contributed by atoms with Crippen LogP contribution in [0.2, 0.25) is 5.02 Å². The van der Waals surface area contributed by atoms with Crippen LogP contribution in [0.5, 0.6) is 11.5 Å². The Morgan fingerprint density at radius 2 is 1.72 bits per heavy atom. The molecule has 0 bridgehead atoms. The van der Waals surface area contributed by atoms with Crippen molar-refractivity contribution in [3.63, 3.8) is 0 Å². The maximum atomic E-state index is 12.1. The van der Waals surface area contributed by atoms with Crippen molar-refractivity contribution in [3.05, 3.63) is 53.1 Å². The van der Waals surface area contributed by atoms with Gasteiger partial charge in [0.2, 0.25) is 0 Å². The highest BCUT2D eigenvalue weighted by Crippen LogP contribution is 2.32. The molecule has 0 aliphatic carbocycles. The number of hydrogen-bond donors (Lipinski definition) is 3. The molecule has 0 unspecified atom stereocenters. The van der Waals surface area contributed by atoms with E-state index in [1.165, 1.54) is 0 Å². The number of anilines is 1. The quantitative estimate of drug-likeness (QED) is 0.238. The van der Waals surface area contributed by atoms with Gasteiger partial charge in [0, 0.05) is 48.9 Å². The maximum Gasteiger partial charge on any atom is 0.251 e. The summed E-state index contributed by atoms with van der Waals surface area (Å²) in [6.45, 7) is 2.26. The molecule has 0 aromatic heterocycles. The van der Waals surface area contributed by atoms with E-state index in [9.17, 15) is 4.79 Å². The van der Waals surface area contributed by atoms with Crippen LogP contribution < -0.4 is 25.4 Å². The van der Waals surface area contributed by atoms with Crippen LogP contribution in [0, 0.1) is 0 Å². The lowest BCUT2D eigenvalue weighted by atomic mass is 10.2. The highest BCUT2D eigenvalue weighted by atomic mass is 127. The average molecular weight is 531 g/mol. The van der Waals surface area contributed by atoms with Crippen molar-refractivity contribution < 1.29 is 14.3 Å². The SMILES string of the molecule is CN=C(NCCNC(=O)c1ccc(Cl)cc1)Nc1ccc2c(c1)OCCCO2.I. The molecule has 156 valence electrons. The van der Waals surface area contributed by atoms with Gasteiger partial charge in [-0.1, -0.05) is 11.6 Å². The molecule has 1 aliphatic rings. The molecule has 1 heterocycles. The van der Waals surface area contributed by atoms with E-state index >= 15 is 0 Å². The largest absolute Gasteiger partial charge is 0.490 e. The first-order chi connectivity index (χ1) is 13.7. The molecule has 0 fully saturated rings. The molecular weight excluding hydrogens is 507 g/mol. The smallest absolute Gasteiger partial charge is 0.251 e. The molecule has 3 N–H and O–H groups in total. The highest BCUT2D eigenvalue weighted by molar-refractivity contribution is 14.0. The minimum absolute atomic E-state index is 0. The van der Waals surface area contributed by atoms with Gasteiger partial charge < -0.3 is 25.4 Å². The van der Waals surface area contributed by atoms with Crippen LogP contribution in [-0.2, 0) is 0 Å². The van der Waals surface area contributed by atoms with Crippen LogP contribution >= 0.6 is 35.6 Å². The van der Waals surface area contributed by atoms with E-state index in [1.807, 2.05) is 18.2 Å². The van der Waals surface area contributed by atoms with Crippen LogP contribution in [-0.4, -0.2) is 45.2 Å². The number of rotatable bonds is 5. The summed E-state index contributed by atoms with van der Waals surface area (Å²) in [5.41, 5.74) is 1.40. The van der Waals surface area contributed by atoms with Gasteiger partial charge in [0.1, 0.15) is 0 Å². The number of carbonyl (C=O) groups excluding carboxylic acids is 1. The summed E-state index contributed by atoms with van der Waals surface area (Å²) in [6, 6.07) is 12.4. The molecule has 1 amide bonds. The molecule has 0 spiro atoms. The Balaban J connectivity index is 0.00000300. The van der Waals surface area contributed by atoms with Gasteiger partial charge in [-0.3, -0.25) is 9.79 Å². The Labute approximate surface area is 192 Å². The number of guanidine groups is 1. The topological polar surface area (TPSA) is 84.0 Å². The van der Waals surface area contributed by atoms with Crippen molar-refractivity contribution in [3.8, 4) is 11.5 Å². The third-order valence-corrected chi connectivity index (χ3v) is 4.30. The summed E-state index contributed by atoms with van der Waals surface area (Å²) >= 11 is 5.83. The van der Waals surface area contributed by atoms with Gasteiger partial charge in [-0.2, -0.15) is 0 Å². The molecule has 0 radical (unpaired) electrons. The fourth-order valence-corrected chi connectivity index (χ4v) is 2.74. The first-order valence-electron chi connectivity index (χ1n) is 9.07. The number of nitrogens with one attached hydrogen (secondary N) is 3. The number of nitrogens with zero attached hydrogens (tertiary/aromatic N) is 1. The van der Waals surface area contributed by atoms with E-state index in [0.717, 1.165) is 17.9 Å². The Kier molecular flexibility index (Phi) is 9.33. The molecule has 9 heteroatoms. The lowest BCUT2D eigenvalue weighted by Crippen LogP contribution is -2.37. The zero-order valence-electron chi connectivity index (χ0n) is 16.0. The molecular formula is C20H24ClIN4O3. The Hall–Kier alpha value is -2.20. The van der Waals surface area contributed by atoms with Crippen molar-refractivity contribution in [2.24, 2.45) is 4.99 Å². The Bertz CT molecular complexity index is 846. The number of benzene rings is 2. The molecule has 29 heavy (non-hydrogen) atoms. The second-order valence-corrected chi connectivity index (χ2v) is 6.54. The van der Waals surface area contributed by atoms with Gasteiger partial charge >= 0.3 is 0 Å². The van der Waals surface area contributed by atoms with Crippen molar-refractivity contribution in [1.29, 1.82) is 0 Å². The number of fused-ring (bicyclic) bond motifs is 1. The van der Waals surface area contributed by atoms with Gasteiger partial charge in [0.05, 0.1) is 13.2 Å². The molecule has 7 nitrogen and oxygen atoms in total. The predicted octanol–water partition coefficient (Wildman–Crippen LogP) is 3.54. The number of hydrogen-bond acceptors (Lipinski definition) is 4. The maximum absolute atomic E-state index is 12.1. The minimum atomic E-state index is -0.149. The summed E-state index contributed by atoms with van der Waals surface area (Å²) in [6.07, 6.45) is 0.863. The second kappa shape index (κ2) is 11.7. The van der Waals surface area contributed by atoms with E-state index in [0.29, 0.717) is 48.6 Å². The second-order valence-electron chi connectivity index (χ2n) is 6.10. The number of ether oxygens (including phenoxy) is 2. The molecule has 0 atom stereocenters. The number of aliphatic imine (C=N–C) groups is 1. The monoisotopic (exact) mass is 530 g/mol. The first kappa shape index (κ1) is 23.1. The zero-order valence-corrected chi connectivity index (χ0v) is 19.1. The third kappa shape index (κ3) is 6.97. The third-order valence-electron chi connectivity index (χ3n) is 4.04. The summed E-state index contributed by atoms with van der Waals surface area (Å²) in [5, 5.41) is 9.80. The fourth-order valence-electron chi connectivity index (χ4n) is 2.62. The minimum Gasteiger partial charge on any atom is -0.490 e. The van der Waals surface area contributed by atoms with E-state index in [4.69, 9.17) is 21.1 Å². The summed E-state index contributed by atoms with van der Waals surface area (Å²) in [7, 11) is 1.69. The van der Waals surface area contributed by atoms with Crippen molar-refractivity contribution >= 4 is 53.1 Å². The summed E-state index contributed by atoms with van der Waals surface area (Å²) in [4.78, 5) is 16.3. The van der Waals surface area contributed by atoms with Gasteiger partial charge in [0.15, 0.2) is 17.5 Å². The van der Waals surface area contributed by atoms with Crippen LogP contribution in [0.25, 0.3) is 0 Å². The molecule has 2 aromatic rings. The normalized spacial score (nSPS) is 13.0. The van der Waals surface area contributed by atoms with E-state index in [1.54, 1.807) is 31.3 Å². The van der Waals surface area contributed by atoms with Gasteiger partial charge in [-0.05, 0) is 36.4 Å². The average Bonchev–Trinajstić information content (AvgIpc) is 2.95. The zero-order chi connectivity index (χ0) is 19.8. The predicted molar refractivity (Wildman–Crippen MR) is 126 cm³/mol. The fraction of sp³-hybridized carbons (Fsp3) is 0.300. The van der Waals surface area contributed by atoms with E-state index < -0.39 is 0 Å². The van der Waals surface area contributed by atoms with E-state index in [-0.39, 0.29) is 29.9 Å². The summed E-state index contributed by atoms with van der Waals surface area (Å²) in [5.74, 6) is 1.91. The van der Waals surface area contributed by atoms with Crippen LogP contribution in [0.3, 0.4) is 0 Å². The van der Waals surface area contributed by atoms with Crippen LogP contribution in [0.1, 0.15) is 16.8 Å². The molecule has 0 saturated carbocycles. The molecule has 3 rings (SSSR count). The summed E-state index contributed by atoms with van der Waals surface area (Å²) < 4.78 is 11.3. The lowest BCUT2D eigenvalue weighted by Gasteiger charge is -2.14. The molecule has 2 aromatic carbocycles. The van der Waals surface area contributed by atoms with Gasteiger partial charge in [0.25, 0.3) is 5.91 Å². The first-order valence-corrected chi connectivity index (χ1v) is 9.44. The van der Waals surface area contributed by atoms with Gasteiger partial charge in [-0.25, -0.2) is 0 Å². The Morgan fingerprint density at radius 1 is 1.03 bits per heavy atom. The van der Waals surface area contributed by atoms with Crippen LogP contribution in [0.4, 0.5) is 5.69 Å².